The topological polar surface area (TPSA) is 74.5 Å². The Labute approximate surface area is 175 Å². The maximum Gasteiger partial charge on any atom is 0.416 e. The highest BCUT2D eigenvalue weighted by Gasteiger charge is 2.41. The van der Waals surface area contributed by atoms with Crippen LogP contribution in [-0.2, 0) is 6.18 Å². The standard InChI is InChI=1S/C23H17F3N2O3/c24-23(25,26)15-5-7-16(8-6-15)27-20(29)12-3-9-17(10-4-12)28-21(30)18-13-1-2-14(11-13)19(18)22(28)31/h1-10,13-14,30-31H,11H2,(H,27,29)/t13-,14+. The van der Waals surface area contributed by atoms with Gasteiger partial charge in [0.15, 0.2) is 0 Å². The number of halogens is 3. The van der Waals surface area contributed by atoms with Crippen molar-refractivity contribution in [3.63, 3.8) is 0 Å². The van der Waals surface area contributed by atoms with E-state index in [9.17, 15) is 28.2 Å². The number of carbonyl (C=O) groups excluding carboxylic acids is 1. The molecule has 2 atom stereocenters. The SMILES string of the molecule is O=C(Nc1ccc(C(F)(F)F)cc1)c1ccc(-n2c(O)c3c(c2O)[C@H]2C=C[C@@H]3C2)cc1. The fourth-order valence-electron chi connectivity index (χ4n) is 4.39. The number of aromatic nitrogens is 1. The Hall–Kier alpha value is -3.68. The quantitative estimate of drug-likeness (QED) is 0.498. The molecule has 2 aliphatic rings. The maximum atomic E-state index is 12.7. The first-order valence-electron chi connectivity index (χ1n) is 9.68. The number of nitrogens with zero attached hydrogens (tertiary/aromatic N) is 1. The fraction of sp³-hybridized carbons (Fsp3) is 0.174. The molecular formula is C23H17F3N2O3. The van der Waals surface area contributed by atoms with Crippen LogP contribution < -0.4 is 5.32 Å². The third-order valence-corrected chi connectivity index (χ3v) is 5.88. The summed E-state index contributed by atoms with van der Waals surface area (Å²) < 4.78 is 39.3. The van der Waals surface area contributed by atoms with E-state index in [1.807, 2.05) is 12.2 Å². The van der Waals surface area contributed by atoms with Crippen LogP contribution in [0.5, 0.6) is 11.8 Å². The Bertz CT molecular complexity index is 1170. The summed E-state index contributed by atoms with van der Waals surface area (Å²) in [6.07, 6.45) is 0.482. The Kier molecular flexibility index (Phi) is 4.15. The van der Waals surface area contributed by atoms with E-state index in [4.69, 9.17) is 0 Å². The summed E-state index contributed by atoms with van der Waals surface area (Å²) in [6, 6.07) is 10.4. The van der Waals surface area contributed by atoms with E-state index in [2.05, 4.69) is 5.32 Å². The highest BCUT2D eigenvalue weighted by Crippen LogP contribution is 2.57. The second kappa shape index (κ2) is 6.66. The largest absolute Gasteiger partial charge is 0.494 e. The van der Waals surface area contributed by atoms with E-state index in [1.54, 1.807) is 12.1 Å². The minimum Gasteiger partial charge on any atom is -0.494 e. The first-order chi connectivity index (χ1) is 14.7. The van der Waals surface area contributed by atoms with E-state index in [1.165, 1.54) is 28.8 Å². The molecule has 0 fully saturated rings. The van der Waals surface area contributed by atoms with E-state index < -0.39 is 17.6 Å². The minimum absolute atomic E-state index is 0.00805. The molecular weight excluding hydrogens is 409 g/mol. The van der Waals surface area contributed by atoms with Crippen LogP contribution in [0, 0.1) is 0 Å². The molecule has 0 radical (unpaired) electrons. The number of aromatic hydroxyl groups is 2. The third-order valence-electron chi connectivity index (χ3n) is 5.88. The summed E-state index contributed by atoms with van der Waals surface area (Å²) in [7, 11) is 0. The molecule has 0 saturated heterocycles. The number of rotatable bonds is 3. The van der Waals surface area contributed by atoms with Gasteiger partial charge >= 0.3 is 6.18 Å². The van der Waals surface area contributed by atoms with Crippen molar-refractivity contribution >= 4 is 11.6 Å². The van der Waals surface area contributed by atoms with Crippen LogP contribution in [-0.4, -0.2) is 20.7 Å². The first kappa shape index (κ1) is 19.3. The average Bonchev–Trinajstić information content (AvgIpc) is 3.42. The van der Waals surface area contributed by atoms with Crippen LogP contribution in [0.25, 0.3) is 5.69 Å². The predicted molar refractivity (Wildman–Crippen MR) is 108 cm³/mol. The van der Waals surface area contributed by atoms with Crippen molar-refractivity contribution in [3.8, 4) is 17.4 Å². The zero-order chi connectivity index (χ0) is 21.9. The van der Waals surface area contributed by atoms with E-state index in [-0.39, 0.29) is 34.8 Å². The summed E-state index contributed by atoms with van der Waals surface area (Å²) >= 11 is 0. The molecule has 1 aromatic heterocycles. The smallest absolute Gasteiger partial charge is 0.416 e. The Balaban J connectivity index is 1.36. The number of alkyl halides is 3. The molecule has 2 aromatic carbocycles. The van der Waals surface area contributed by atoms with Crippen LogP contribution in [0.1, 0.15) is 45.3 Å². The van der Waals surface area contributed by atoms with Gasteiger partial charge in [-0.2, -0.15) is 13.2 Å². The van der Waals surface area contributed by atoms with Crippen LogP contribution in [0.4, 0.5) is 18.9 Å². The summed E-state index contributed by atoms with van der Waals surface area (Å²) in [5.74, 6) is -0.309. The lowest BCUT2D eigenvalue weighted by Crippen LogP contribution is -2.12. The lowest BCUT2D eigenvalue weighted by molar-refractivity contribution is -0.137. The zero-order valence-electron chi connectivity index (χ0n) is 16.0. The van der Waals surface area contributed by atoms with Gasteiger partial charge in [0.05, 0.1) is 11.3 Å². The van der Waals surface area contributed by atoms with Crippen LogP contribution >= 0.6 is 0 Å². The van der Waals surface area contributed by atoms with Gasteiger partial charge in [-0.05, 0) is 55.0 Å². The molecule has 0 aliphatic heterocycles. The van der Waals surface area contributed by atoms with E-state index >= 15 is 0 Å². The van der Waals surface area contributed by atoms with Gasteiger partial charge in [0.25, 0.3) is 5.91 Å². The highest BCUT2D eigenvalue weighted by molar-refractivity contribution is 6.04. The molecule has 1 heterocycles. The van der Waals surface area contributed by atoms with Crippen molar-refractivity contribution in [3.05, 3.63) is 82.9 Å². The number of allylic oxidation sites excluding steroid dienone is 2. The summed E-state index contributed by atoms with van der Waals surface area (Å²) in [5, 5.41) is 23.9. The number of nitrogens with one attached hydrogen (secondary N) is 1. The average molecular weight is 426 g/mol. The Morgan fingerprint density at radius 2 is 1.45 bits per heavy atom. The maximum absolute atomic E-state index is 12.7. The number of benzene rings is 2. The van der Waals surface area contributed by atoms with Crippen LogP contribution in [0.15, 0.2) is 60.7 Å². The normalized spacial score (nSPS) is 18.9. The number of hydrogen-bond acceptors (Lipinski definition) is 3. The highest BCUT2D eigenvalue weighted by atomic mass is 19.4. The second-order valence-electron chi connectivity index (χ2n) is 7.72. The van der Waals surface area contributed by atoms with Crippen LogP contribution in [0.2, 0.25) is 0 Å². The number of amides is 1. The van der Waals surface area contributed by atoms with Gasteiger partial charge in [0.1, 0.15) is 0 Å². The molecule has 0 unspecified atom stereocenters. The monoisotopic (exact) mass is 426 g/mol. The first-order valence-corrected chi connectivity index (χ1v) is 9.68. The summed E-state index contributed by atoms with van der Waals surface area (Å²) in [6.45, 7) is 0. The second-order valence-corrected chi connectivity index (χ2v) is 7.72. The molecule has 2 bridgehead atoms. The van der Waals surface area contributed by atoms with Crippen molar-refractivity contribution in [2.75, 3.05) is 5.32 Å². The predicted octanol–water partition coefficient (Wildman–Crippen LogP) is 5.30. The Morgan fingerprint density at radius 3 is 1.97 bits per heavy atom. The number of hydrogen-bond donors (Lipinski definition) is 3. The lowest BCUT2D eigenvalue weighted by atomic mass is 10.0. The molecule has 0 spiro atoms. The number of fused-ring (bicyclic) bond motifs is 5. The van der Waals surface area contributed by atoms with E-state index in [0.29, 0.717) is 5.69 Å². The molecule has 158 valence electrons. The molecule has 5 nitrogen and oxygen atoms in total. The molecule has 1 amide bonds. The van der Waals surface area contributed by atoms with Gasteiger partial charge in [-0.25, -0.2) is 0 Å². The minimum atomic E-state index is -4.44. The van der Waals surface area contributed by atoms with Gasteiger partial charge < -0.3 is 15.5 Å². The number of carbonyl (C=O) groups is 1. The fourth-order valence-corrected chi connectivity index (χ4v) is 4.39. The van der Waals surface area contributed by atoms with Crippen molar-refractivity contribution in [1.29, 1.82) is 0 Å². The van der Waals surface area contributed by atoms with Crippen molar-refractivity contribution in [1.82, 2.24) is 4.57 Å². The molecule has 0 saturated carbocycles. The van der Waals surface area contributed by atoms with Crippen molar-refractivity contribution < 1.29 is 28.2 Å². The van der Waals surface area contributed by atoms with Gasteiger partial charge in [-0.3, -0.25) is 9.36 Å². The van der Waals surface area contributed by atoms with Crippen LogP contribution in [0.3, 0.4) is 0 Å². The molecule has 31 heavy (non-hydrogen) atoms. The van der Waals surface area contributed by atoms with Gasteiger partial charge in [-0.15, -0.1) is 0 Å². The molecule has 8 heteroatoms. The summed E-state index contributed by atoms with van der Waals surface area (Å²) in [5.41, 5.74) is 1.71. The number of anilines is 1. The molecule has 2 aliphatic carbocycles. The van der Waals surface area contributed by atoms with Gasteiger partial charge in [0.2, 0.25) is 11.8 Å². The van der Waals surface area contributed by atoms with Gasteiger partial charge in [0, 0.05) is 34.2 Å². The molecule has 5 rings (SSSR count). The van der Waals surface area contributed by atoms with Crippen molar-refractivity contribution in [2.45, 2.75) is 24.4 Å². The molecule has 3 N–H and O–H groups in total. The third kappa shape index (κ3) is 3.06. The zero-order valence-corrected chi connectivity index (χ0v) is 16.0. The van der Waals surface area contributed by atoms with Gasteiger partial charge in [-0.1, -0.05) is 12.2 Å². The summed E-state index contributed by atoms with van der Waals surface area (Å²) in [4.78, 5) is 12.4. The van der Waals surface area contributed by atoms with E-state index in [0.717, 1.165) is 29.7 Å². The lowest BCUT2D eigenvalue weighted by Gasteiger charge is -2.11. The Morgan fingerprint density at radius 1 is 0.903 bits per heavy atom. The van der Waals surface area contributed by atoms with Crippen molar-refractivity contribution in [2.24, 2.45) is 0 Å². The molecule has 3 aromatic rings.